The van der Waals surface area contributed by atoms with Gasteiger partial charge in [-0.15, -0.1) is 0 Å². The van der Waals surface area contributed by atoms with Crippen molar-refractivity contribution in [3.05, 3.63) is 24.2 Å². The first-order chi connectivity index (χ1) is 11.4. The molecule has 2 aromatic rings. The van der Waals surface area contributed by atoms with Crippen molar-refractivity contribution in [3.8, 4) is 0 Å². The van der Waals surface area contributed by atoms with E-state index in [2.05, 4.69) is 43.8 Å². The maximum Gasteiger partial charge on any atom is 0.449 e. The van der Waals surface area contributed by atoms with E-state index in [1.54, 1.807) is 12.1 Å². The summed E-state index contributed by atoms with van der Waals surface area (Å²) in [7, 11) is -1.92. The predicted octanol–water partition coefficient (Wildman–Crippen LogP) is 5.18. The first-order valence-corrected chi connectivity index (χ1v) is 11.4. The van der Waals surface area contributed by atoms with E-state index in [1.807, 2.05) is 0 Å². The molecule has 1 aliphatic carbocycles. The van der Waals surface area contributed by atoms with Crippen molar-refractivity contribution >= 4 is 19.5 Å². The summed E-state index contributed by atoms with van der Waals surface area (Å²) in [5, 5.41) is 0.0842. The van der Waals surface area contributed by atoms with Crippen molar-refractivity contribution in [1.29, 1.82) is 0 Å². The van der Waals surface area contributed by atoms with Crippen LogP contribution in [0.5, 0.6) is 0 Å². The number of rotatable bonds is 3. The number of halogens is 3. The monoisotopic (exact) mass is 371 g/mol. The van der Waals surface area contributed by atoms with Crippen LogP contribution in [0.3, 0.4) is 0 Å². The number of hydrogen-bond acceptors (Lipinski definition) is 3. The number of pyridine rings is 1. The lowest BCUT2D eigenvalue weighted by Gasteiger charge is -2.45. The second-order valence-corrected chi connectivity index (χ2v) is 13.0. The van der Waals surface area contributed by atoms with Gasteiger partial charge in [0.05, 0.1) is 5.52 Å². The van der Waals surface area contributed by atoms with Gasteiger partial charge in [0.25, 0.3) is 0 Å². The van der Waals surface area contributed by atoms with Gasteiger partial charge in [0.1, 0.15) is 0 Å². The summed E-state index contributed by atoms with van der Waals surface area (Å²) in [6, 6.07) is 3.04. The SMILES string of the molecule is CC(C)(C)[Si](C)(C)OC1CC(n2c(C(F)(F)F)nc3ncccc32)C1. The Morgan fingerprint density at radius 3 is 2.40 bits per heavy atom. The first-order valence-electron chi connectivity index (χ1n) is 8.48. The van der Waals surface area contributed by atoms with Crippen molar-refractivity contribution in [3.63, 3.8) is 0 Å². The second-order valence-electron chi connectivity index (χ2n) is 8.27. The molecule has 4 nitrogen and oxygen atoms in total. The lowest BCUT2D eigenvalue weighted by Crippen LogP contribution is -2.48. The molecular weight excluding hydrogens is 347 g/mol. The van der Waals surface area contributed by atoms with E-state index < -0.39 is 20.3 Å². The summed E-state index contributed by atoms with van der Waals surface area (Å²) in [6.45, 7) is 10.8. The molecule has 1 saturated carbocycles. The maximum atomic E-state index is 13.4. The van der Waals surface area contributed by atoms with Crippen LogP contribution in [-0.4, -0.2) is 29.0 Å². The van der Waals surface area contributed by atoms with Gasteiger partial charge < -0.3 is 8.99 Å². The fourth-order valence-electron chi connectivity index (χ4n) is 2.94. The zero-order valence-corrected chi connectivity index (χ0v) is 16.2. The van der Waals surface area contributed by atoms with Crippen molar-refractivity contribution in [1.82, 2.24) is 14.5 Å². The van der Waals surface area contributed by atoms with Gasteiger partial charge in [-0.2, -0.15) is 13.2 Å². The highest BCUT2D eigenvalue weighted by Gasteiger charge is 2.46. The van der Waals surface area contributed by atoms with E-state index in [0.717, 1.165) is 0 Å². The van der Waals surface area contributed by atoms with E-state index in [9.17, 15) is 13.2 Å². The Balaban J connectivity index is 1.83. The molecule has 2 heterocycles. The van der Waals surface area contributed by atoms with Crippen LogP contribution in [0, 0.1) is 0 Å². The molecule has 25 heavy (non-hydrogen) atoms. The van der Waals surface area contributed by atoms with Gasteiger partial charge >= 0.3 is 6.18 Å². The van der Waals surface area contributed by atoms with E-state index >= 15 is 0 Å². The molecule has 2 aromatic heterocycles. The van der Waals surface area contributed by atoms with Gasteiger partial charge in [-0.25, -0.2) is 9.97 Å². The molecule has 0 spiro atoms. The fraction of sp³-hybridized carbons (Fsp3) is 0.647. The Morgan fingerprint density at radius 1 is 1.20 bits per heavy atom. The zero-order valence-electron chi connectivity index (χ0n) is 15.2. The first kappa shape index (κ1) is 18.4. The van der Waals surface area contributed by atoms with Gasteiger partial charge in [-0.3, -0.25) is 0 Å². The Kier molecular flexibility index (Phi) is 4.27. The second kappa shape index (κ2) is 5.80. The lowest BCUT2D eigenvalue weighted by atomic mass is 9.89. The Bertz CT molecular complexity index is 774. The largest absolute Gasteiger partial charge is 0.449 e. The van der Waals surface area contributed by atoms with Crippen molar-refractivity contribution < 1.29 is 17.6 Å². The highest BCUT2D eigenvalue weighted by molar-refractivity contribution is 6.74. The fourth-order valence-corrected chi connectivity index (χ4v) is 4.32. The molecule has 0 atom stereocenters. The minimum absolute atomic E-state index is 0.0149. The average molecular weight is 371 g/mol. The van der Waals surface area contributed by atoms with Crippen LogP contribution in [0.2, 0.25) is 18.1 Å². The van der Waals surface area contributed by atoms with Gasteiger partial charge in [0, 0.05) is 18.3 Å². The number of hydrogen-bond donors (Lipinski definition) is 0. The number of aromatic nitrogens is 3. The van der Waals surface area contributed by atoms with Crippen molar-refractivity contribution in [2.45, 2.75) is 70.1 Å². The summed E-state index contributed by atoms with van der Waals surface area (Å²) < 4.78 is 47.8. The summed E-state index contributed by atoms with van der Waals surface area (Å²) in [5.41, 5.74) is 0.578. The molecule has 0 bridgehead atoms. The smallest absolute Gasteiger partial charge is 0.414 e. The van der Waals surface area contributed by atoms with Crippen LogP contribution < -0.4 is 0 Å². The summed E-state index contributed by atoms with van der Waals surface area (Å²) in [4.78, 5) is 7.69. The molecule has 0 N–H and O–H groups in total. The maximum absolute atomic E-state index is 13.4. The molecule has 138 valence electrons. The van der Waals surface area contributed by atoms with Crippen molar-refractivity contribution in [2.75, 3.05) is 0 Å². The highest BCUT2D eigenvalue weighted by atomic mass is 28.4. The Morgan fingerprint density at radius 2 is 1.84 bits per heavy atom. The molecule has 0 aliphatic heterocycles. The topological polar surface area (TPSA) is 39.9 Å². The molecule has 8 heteroatoms. The van der Waals surface area contributed by atoms with Crippen LogP contribution in [0.4, 0.5) is 13.2 Å². The van der Waals surface area contributed by atoms with Crippen LogP contribution >= 0.6 is 0 Å². The molecule has 1 fully saturated rings. The molecular formula is C17H24F3N3OSi. The third-order valence-electron chi connectivity index (χ3n) is 5.42. The van der Waals surface area contributed by atoms with Gasteiger partial charge in [-0.05, 0) is 43.1 Å². The third kappa shape index (κ3) is 3.33. The summed E-state index contributed by atoms with van der Waals surface area (Å²) in [5.74, 6) is -0.864. The van der Waals surface area contributed by atoms with E-state index in [0.29, 0.717) is 18.4 Å². The number of nitrogens with zero attached hydrogens (tertiary/aromatic N) is 3. The minimum Gasteiger partial charge on any atom is -0.414 e. The van der Waals surface area contributed by atoms with E-state index in [4.69, 9.17) is 4.43 Å². The van der Waals surface area contributed by atoms with E-state index in [-0.39, 0.29) is 22.8 Å². The third-order valence-corrected chi connectivity index (χ3v) is 9.96. The lowest BCUT2D eigenvalue weighted by molar-refractivity contribution is -0.149. The molecule has 1 aliphatic rings. The quantitative estimate of drug-likeness (QED) is 0.698. The molecule has 0 saturated heterocycles. The predicted molar refractivity (Wildman–Crippen MR) is 92.9 cm³/mol. The summed E-state index contributed by atoms with van der Waals surface area (Å²) in [6.07, 6.45) is -1.86. The van der Waals surface area contributed by atoms with Gasteiger partial charge in [0.2, 0.25) is 5.82 Å². The average Bonchev–Trinajstić information content (AvgIpc) is 2.80. The van der Waals surface area contributed by atoms with Crippen LogP contribution in [0.25, 0.3) is 11.2 Å². The number of imidazole rings is 1. The molecule has 0 radical (unpaired) electrons. The Labute approximate surface area is 146 Å². The Hall–Kier alpha value is -1.41. The molecule has 3 rings (SSSR count). The van der Waals surface area contributed by atoms with Crippen molar-refractivity contribution in [2.24, 2.45) is 0 Å². The normalized spacial score (nSPS) is 22.2. The highest BCUT2D eigenvalue weighted by Crippen LogP contribution is 2.45. The molecule has 0 amide bonds. The molecule has 0 aromatic carbocycles. The van der Waals surface area contributed by atoms with E-state index in [1.165, 1.54) is 10.8 Å². The number of fused-ring (bicyclic) bond motifs is 1. The van der Waals surface area contributed by atoms with Crippen LogP contribution in [0.1, 0.15) is 45.5 Å². The zero-order chi connectivity index (χ0) is 18.6. The summed E-state index contributed by atoms with van der Waals surface area (Å²) >= 11 is 0. The molecule has 0 unspecified atom stereocenters. The standard InChI is InChI=1S/C17H24F3N3OSi/c1-16(2,3)25(4,5)24-12-9-11(10-12)23-13-7-6-8-21-14(13)22-15(23)17(18,19)20/h6-8,11-12H,9-10H2,1-5H3. The van der Waals surface area contributed by atoms with Crippen LogP contribution in [0.15, 0.2) is 18.3 Å². The van der Waals surface area contributed by atoms with Gasteiger partial charge in [0.15, 0.2) is 14.0 Å². The number of alkyl halides is 3. The minimum atomic E-state index is -4.49. The van der Waals surface area contributed by atoms with Crippen LogP contribution in [-0.2, 0) is 10.6 Å². The van der Waals surface area contributed by atoms with Gasteiger partial charge in [-0.1, -0.05) is 20.8 Å².